The van der Waals surface area contributed by atoms with E-state index >= 15 is 0 Å². The molecule has 0 amide bonds. The first-order valence-electron chi connectivity index (χ1n) is 8.98. The van der Waals surface area contributed by atoms with E-state index in [0.29, 0.717) is 5.69 Å². The molecular formula is C22H23N3O2. The van der Waals surface area contributed by atoms with E-state index < -0.39 is 4.92 Å². The van der Waals surface area contributed by atoms with Gasteiger partial charge in [-0.15, -0.1) is 0 Å². The standard InChI is InChI=1S/C22H23N3O2/c1-5-18-9-6-8-15(2)22(18)24-16(3)12-19(17(24)4)14-23-20-10-7-11-21(13-20)25(26)27/h6-14H,5H2,1-4H3. The minimum atomic E-state index is -0.407. The highest BCUT2D eigenvalue weighted by Crippen LogP contribution is 2.27. The largest absolute Gasteiger partial charge is 0.317 e. The second kappa shape index (κ2) is 7.58. The molecule has 0 saturated heterocycles. The van der Waals surface area contributed by atoms with Gasteiger partial charge in [-0.2, -0.15) is 0 Å². The number of non-ortho nitro benzene ring substituents is 1. The molecule has 0 spiro atoms. The number of nitro benzene ring substituents is 1. The van der Waals surface area contributed by atoms with Gasteiger partial charge < -0.3 is 4.57 Å². The number of aliphatic imine (C=N–C) groups is 1. The molecule has 5 heteroatoms. The Hall–Kier alpha value is -3.21. The third-order valence-electron chi connectivity index (χ3n) is 4.79. The Kier molecular flexibility index (Phi) is 5.21. The van der Waals surface area contributed by atoms with Crippen molar-refractivity contribution in [3.63, 3.8) is 0 Å². The second-order valence-corrected chi connectivity index (χ2v) is 6.63. The van der Waals surface area contributed by atoms with Crippen molar-refractivity contribution in [2.75, 3.05) is 0 Å². The number of nitro groups is 1. The number of benzene rings is 2. The lowest BCUT2D eigenvalue weighted by atomic mass is 10.1. The van der Waals surface area contributed by atoms with E-state index in [4.69, 9.17) is 0 Å². The molecule has 0 saturated carbocycles. The van der Waals surface area contributed by atoms with Gasteiger partial charge in [-0.05, 0) is 50.5 Å². The molecular weight excluding hydrogens is 338 g/mol. The molecule has 0 radical (unpaired) electrons. The van der Waals surface area contributed by atoms with Gasteiger partial charge >= 0.3 is 0 Å². The van der Waals surface area contributed by atoms with Crippen LogP contribution in [0.2, 0.25) is 0 Å². The van der Waals surface area contributed by atoms with Crippen molar-refractivity contribution < 1.29 is 4.92 Å². The van der Waals surface area contributed by atoms with Crippen LogP contribution in [0.15, 0.2) is 53.5 Å². The van der Waals surface area contributed by atoms with Crippen LogP contribution in [0.3, 0.4) is 0 Å². The van der Waals surface area contributed by atoms with E-state index in [1.54, 1.807) is 18.3 Å². The van der Waals surface area contributed by atoms with Crippen LogP contribution in [0.5, 0.6) is 0 Å². The van der Waals surface area contributed by atoms with Gasteiger partial charge in [0.05, 0.1) is 16.3 Å². The molecule has 3 aromatic rings. The average Bonchev–Trinajstić information content (AvgIpc) is 2.93. The van der Waals surface area contributed by atoms with Gasteiger partial charge in [-0.1, -0.05) is 31.2 Å². The summed E-state index contributed by atoms with van der Waals surface area (Å²) in [4.78, 5) is 15.0. The van der Waals surface area contributed by atoms with E-state index in [9.17, 15) is 10.1 Å². The van der Waals surface area contributed by atoms with Gasteiger partial charge in [-0.3, -0.25) is 15.1 Å². The van der Waals surface area contributed by atoms with Crippen LogP contribution in [0.4, 0.5) is 11.4 Å². The van der Waals surface area contributed by atoms with E-state index in [1.807, 2.05) is 0 Å². The molecule has 0 aliphatic carbocycles. The van der Waals surface area contributed by atoms with Gasteiger partial charge in [0, 0.05) is 35.3 Å². The fourth-order valence-electron chi connectivity index (χ4n) is 3.42. The Bertz CT molecular complexity index is 1030. The molecule has 0 bridgehead atoms. The van der Waals surface area contributed by atoms with Gasteiger partial charge in [0.15, 0.2) is 0 Å². The van der Waals surface area contributed by atoms with Crippen molar-refractivity contribution in [2.24, 2.45) is 4.99 Å². The SMILES string of the molecule is CCc1cccc(C)c1-n1c(C)cc(C=Nc2cccc([N+](=O)[O-])c2)c1C. The molecule has 3 rings (SSSR count). The van der Waals surface area contributed by atoms with Crippen LogP contribution in [-0.2, 0) is 6.42 Å². The summed E-state index contributed by atoms with van der Waals surface area (Å²) < 4.78 is 2.27. The predicted octanol–water partition coefficient (Wildman–Crippen LogP) is 5.62. The number of rotatable bonds is 5. The highest BCUT2D eigenvalue weighted by atomic mass is 16.6. The monoisotopic (exact) mass is 361 g/mol. The average molecular weight is 361 g/mol. The molecule has 0 aliphatic rings. The van der Waals surface area contributed by atoms with Crippen LogP contribution in [0, 0.1) is 30.9 Å². The highest BCUT2D eigenvalue weighted by Gasteiger charge is 2.14. The molecule has 0 N–H and O–H groups in total. The number of hydrogen-bond donors (Lipinski definition) is 0. The maximum Gasteiger partial charge on any atom is 0.271 e. The lowest BCUT2D eigenvalue weighted by Gasteiger charge is -2.17. The predicted molar refractivity (Wildman–Crippen MR) is 110 cm³/mol. The summed E-state index contributed by atoms with van der Waals surface area (Å²) in [5.74, 6) is 0. The molecule has 0 atom stereocenters. The summed E-state index contributed by atoms with van der Waals surface area (Å²) in [5, 5.41) is 10.9. The number of para-hydroxylation sites is 1. The van der Waals surface area contributed by atoms with Crippen LogP contribution < -0.4 is 0 Å². The molecule has 5 nitrogen and oxygen atoms in total. The summed E-state index contributed by atoms with van der Waals surface area (Å²) >= 11 is 0. The first kappa shape index (κ1) is 18.6. The summed E-state index contributed by atoms with van der Waals surface area (Å²) in [6.45, 7) is 8.46. The zero-order chi connectivity index (χ0) is 19.6. The van der Waals surface area contributed by atoms with Crippen LogP contribution in [0.1, 0.15) is 35.0 Å². The maximum absolute atomic E-state index is 10.9. The van der Waals surface area contributed by atoms with Gasteiger partial charge in [0.2, 0.25) is 0 Å². The Balaban J connectivity index is 2.03. The fraction of sp³-hybridized carbons (Fsp3) is 0.227. The van der Waals surface area contributed by atoms with Crippen molar-refractivity contribution >= 4 is 17.6 Å². The first-order valence-corrected chi connectivity index (χ1v) is 8.98. The van der Waals surface area contributed by atoms with Crippen LogP contribution in [0.25, 0.3) is 5.69 Å². The van der Waals surface area contributed by atoms with E-state index in [2.05, 4.69) is 61.5 Å². The zero-order valence-electron chi connectivity index (χ0n) is 16.1. The highest BCUT2D eigenvalue weighted by molar-refractivity contribution is 5.84. The van der Waals surface area contributed by atoms with Crippen molar-refractivity contribution in [1.82, 2.24) is 4.57 Å². The van der Waals surface area contributed by atoms with Crippen molar-refractivity contribution in [3.05, 3.63) is 86.7 Å². The van der Waals surface area contributed by atoms with Gasteiger partial charge in [-0.25, -0.2) is 0 Å². The van der Waals surface area contributed by atoms with Gasteiger partial charge in [0.25, 0.3) is 5.69 Å². The number of aromatic nitrogens is 1. The Morgan fingerprint density at radius 2 is 1.85 bits per heavy atom. The third kappa shape index (κ3) is 3.67. The summed E-state index contributed by atoms with van der Waals surface area (Å²) in [5.41, 5.74) is 7.62. The quantitative estimate of drug-likeness (QED) is 0.336. The zero-order valence-corrected chi connectivity index (χ0v) is 16.1. The van der Waals surface area contributed by atoms with Crippen molar-refractivity contribution in [1.29, 1.82) is 0 Å². The summed E-state index contributed by atoms with van der Waals surface area (Å²) in [6, 6.07) is 14.8. The molecule has 138 valence electrons. The van der Waals surface area contributed by atoms with Crippen LogP contribution in [-0.4, -0.2) is 15.7 Å². The fourth-order valence-corrected chi connectivity index (χ4v) is 3.42. The topological polar surface area (TPSA) is 60.4 Å². The number of hydrogen-bond acceptors (Lipinski definition) is 3. The van der Waals surface area contributed by atoms with E-state index in [1.165, 1.54) is 28.9 Å². The van der Waals surface area contributed by atoms with Crippen LogP contribution >= 0.6 is 0 Å². The minimum absolute atomic E-state index is 0.0441. The second-order valence-electron chi connectivity index (χ2n) is 6.63. The molecule has 27 heavy (non-hydrogen) atoms. The van der Waals surface area contributed by atoms with Crippen molar-refractivity contribution in [3.8, 4) is 5.69 Å². The lowest BCUT2D eigenvalue weighted by molar-refractivity contribution is -0.384. The van der Waals surface area contributed by atoms with E-state index in [0.717, 1.165) is 23.4 Å². The summed E-state index contributed by atoms with van der Waals surface area (Å²) in [6.07, 6.45) is 2.74. The molecule has 1 aromatic heterocycles. The maximum atomic E-state index is 10.9. The number of aryl methyl sites for hydroxylation is 3. The summed E-state index contributed by atoms with van der Waals surface area (Å²) in [7, 11) is 0. The lowest BCUT2D eigenvalue weighted by Crippen LogP contribution is -2.05. The Labute approximate surface area is 159 Å². The molecule has 0 aliphatic heterocycles. The first-order chi connectivity index (χ1) is 12.9. The Morgan fingerprint density at radius 1 is 1.11 bits per heavy atom. The van der Waals surface area contributed by atoms with Crippen molar-refractivity contribution in [2.45, 2.75) is 34.1 Å². The normalized spacial score (nSPS) is 11.3. The Morgan fingerprint density at radius 3 is 2.56 bits per heavy atom. The smallest absolute Gasteiger partial charge is 0.271 e. The van der Waals surface area contributed by atoms with E-state index in [-0.39, 0.29) is 5.69 Å². The molecule has 0 unspecified atom stereocenters. The molecule has 2 aromatic carbocycles. The molecule has 0 fully saturated rings. The van der Waals surface area contributed by atoms with Gasteiger partial charge in [0.1, 0.15) is 0 Å². The molecule has 1 heterocycles. The number of nitrogens with zero attached hydrogens (tertiary/aromatic N) is 3. The minimum Gasteiger partial charge on any atom is -0.317 e. The third-order valence-corrected chi connectivity index (χ3v) is 4.79.